The van der Waals surface area contributed by atoms with Crippen molar-refractivity contribution in [2.45, 2.75) is 6.18 Å². The molecule has 0 aliphatic carbocycles. The van der Waals surface area contributed by atoms with E-state index in [1.807, 2.05) is 0 Å². The number of hydrogen-bond acceptors (Lipinski definition) is 2. The summed E-state index contributed by atoms with van der Waals surface area (Å²) >= 11 is 0. The number of amides is 1. The highest BCUT2D eigenvalue weighted by molar-refractivity contribution is 6.07. The Morgan fingerprint density at radius 3 is 1.90 bits per heavy atom. The van der Waals surface area contributed by atoms with Crippen LogP contribution in [0.25, 0.3) is 10.8 Å². The molecular formula is C13H9F5N2O. The monoisotopic (exact) mass is 304 g/mol. The molecule has 0 radical (unpaired) electrons. The Morgan fingerprint density at radius 2 is 1.43 bits per heavy atom. The first-order valence-electron chi connectivity index (χ1n) is 5.72. The van der Waals surface area contributed by atoms with Crippen molar-refractivity contribution in [3.05, 3.63) is 35.9 Å². The van der Waals surface area contributed by atoms with Gasteiger partial charge in [0.05, 0.1) is 5.69 Å². The summed E-state index contributed by atoms with van der Waals surface area (Å²) in [7, 11) is 1.45. The van der Waals surface area contributed by atoms with Crippen molar-refractivity contribution in [2.24, 2.45) is 0 Å². The molecule has 2 aromatic carbocycles. The van der Waals surface area contributed by atoms with Crippen molar-refractivity contribution in [3.63, 3.8) is 0 Å². The van der Waals surface area contributed by atoms with Crippen LogP contribution in [0.1, 0.15) is 0 Å². The molecule has 0 saturated carbocycles. The van der Waals surface area contributed by atoms with Gasteiger partial charge in [0.15, 0.2) is 0 Å². The molecule has 112 valence electrons. The average Bonchev–Trinajstić information content (AvgIpc) is 2.41. The van der Waals surface area contributed by atoms with Crippen LogP contribution in [0, 0.1) is 11.6 Å². The second-order valence-electron chi connectivity index (χ2n) is 4.14. The van der Waals surface area contributed by atoms with E-state index in [2.05, 4.69) is 5.32 Å². The number of halogens is 5. The first-order chi connectivity index (χ1) is 9.75. The van der Waals surface area contributed by atoms with E-state index in [1.54, 1.807) is 5.32 Å². The van der Waals surface area contributed by atoms with Crippen molar-refractivity contribution in [2.75, 3.05) is 17.7 Å². The third-order valence-electron chi connectivity index (χ3n) is 2.83. The van der Waals surface area contributed by atoms with Gasteiger partial charge in [-0.25, -0.2) is 8.78 Å². The quantitative estimate of drug-likeness (QED) is 0.831. The number of rotatable bonds is 2. The zero-order valence-electron chi connectivity index (χ0n) is 10.6. The first-order valence-corrected chi connectivity index (χ1v) is 5.72. The molecular weight excluding hydrogens is 295 g/mol. The highest BCUT2D eigenvalue weighted by Crippen LogP contribution is 2.34. The molecule has 2 N–H and O–H groups in total. The number of hydrogen-bond donors (Lipinski definition) is 2. The molecule has 2 rings (SSSR count). The van der Waals surface area contributed by atoms with Crippen LogP contribution in [-0.2, 0) is 4.79 Å². The predicted molar refractivity (Wildman–Crippen MR) is 68.1 cm³/mol. The molecule has 0 spiro atoms. The number of alkyl halides is 3. The second-order valence-corrected chi connectivity index (χ2v) is 4.14. The third-order valence-corrected chi connectivity index (χ3v) is 2.83. The first kappa shape index (κ1) is 15.0. The van der Waals surface area contributed by atoms with Gasteiger partial charge >= 0.3 is 12.1 Å². The Labute approximate surface area is 115 Å². The van der Waals surface area contributed by atoms with E-state index >= 15 is 0 Å². The lowest BCUT2D eigenvalue weighted by Gasteiger charge is -2.14. The van der Waals surface area contributed by atoms with Crippen LogP contribution < -0.4 is 10.6 Å². The summed E-state index contributed by atoms with van der Waals surface area (Å²) in [5.74, 6) is -4.02. The van der Waals surface area contributed by atoms with Crippen LogP contribution >= 0.6 is 0 Å². The van der Waals surface area contributed by atoms with Crippen LogP contribution in [0.4, 0.5) is 33.3 Å². The van der Waals surface area contributed by atoms with Gasteiger partial charge in [-0.2, -0.15) is 13.2 Å². The highest BCUT2D eigenvalue weighted by atomic mass is 19.4. The van der Waals surface area contributed by atoms with E-state index in [-0.39, 0.29) is 11.1 Å². The Bertz CT molecular complexity index is 712. The second kappa shape index (κ2) is 5.19. The lowest BCUT2D eigenvalue weighted by molar-refractivity contribution is -0.167. The van der Waals surface area contributed by atoms with Gasteiger partial charge in [0.25, 0.3) is 0 Å². The smallest absolute Gasteiger partial charge is 0.388 e. The Hall–Kier alpha value is -2.38. The minimum Gasteiger partial charge on any atom is -0.388 e. The maximum atomic E-state index is 13.9. The zero-order chi connectivity index (χ0) is 15.8. The number of carbonyl (C=O) groups is 1. The van der Waals surface area contributed by atoms with E-state index in [9.17, 15) is 26.7 Å². The standard InChI is InChI=1S/C13H9F5N2O/c1-19-8-4-2-7(15)11-9(5-3-6(14)10(8)11)20-12(21)13(16,17)18/h2-5,19H,1H3,(H,20,21). The Morgan fingerprint density at radius 1 is 0.952 bits per heavy atom. The number of benzene rings is 2. The maximum absolute atomic E-state index is 13.9. The van der Waals surface area contributed by atoms with Gasteiger partial charge in [-0.1, -0.05) is 0 Å². The van der Waals surface area contributed by atoms with Gasteiger partial charge in [-0.3, -0.25) is 4.79 Å². The molecule has 1 amide bonds. The molecule has 0 saturated heterocycles. The Balaban J connectivity index is 2.66. The van der Waals surface area contributed by atoms with E-state index < -0.39 is 34.8 Å². The summed E-state index contributed by atoms with van der Waals surface area (Å²) in [4.78, 5) is 11.0. The number of fused-ring (bicyclic) bond motifs is 1. The fourth-order valence-corrected chi connectivity index (χ4v) is 1.92. The normalized spacial score (nSPS) is 11.5. The van der Waals surface area contributed by atoms with Gasteiger partial charge in [-0.05, 0) is 24.3 Å². The lowest BCUT2D eigenvalue weighted by atomic mass is 10.1. The average molecular weight is 304 g/mol. The van der Waals surface area contributed by atoms with Crippen molar-refractivity contribution in [1.29, 1.82) is 0 Å². The molecule has 2 aromatic rings. The van der Waals surface area contributed by atoms with Crippen LogP contribution in [0.5, 0.6) is 0 Å². The third kappa shape index (κ3) is 2.74. The minimum absolute atomic E-state index is 0.187. The van der Waals surface area contributed by atoms with Gasteiger partial charge in [0.1, 0.15) is 11.6 Å². The van der Waals surface area contributed by atoms with E-state index in [0.29, 0.717) is 0 Å². The van der Waals surface area contributed by atoms with Gasteiger partial charge in [0.2, 0.25) is 0 Å². The van der Waals surface area contributed by atoms with Crippen molar-refractivity contribution in [3.8, 4) is 0 Å². The molecule has 0 atom stereocenters. The molecule has 0 heterocycles. The minimum atomic E-state index is -5.13. The number of anilines is 2. The van der Waals surface area contributed by atoms with E-state index in [0.717, 1.165) is 18.2 Å². The fraction of sp³-hybridized carbons (Fsp3) is 0.154. The molecule has 0 bridgehead atoms. The van der Waals surface area contributed by atoms with Crippen LogP contribution in [-0.4, -0.2) is 19.1 Å². The molecule has 3 nitrogen and oxygen atoms in total. The van der Waals surface area contributed by atoms with E-state index in [4.69, 9.17) is 0 Å². The number of carbonyl (C=O) groups excluding carboxylic acids is 1. The summed E-state index contributed by atoms with van der Waals surface area (Å²) < 4.78 is 64.5. The molecule has 21 heavy (non-hydrogen) atoms. The van der Waals surface area contributed by atoms with Gasteiger partial charge in [-0.15, -0.1) is 0 Å². The maximum Gasteiger partial charge on any atom is 0.471 e. The SMILES string of the molecule is CNc1ccc(F)c2c(NC(=O)C(F)(F)F)ccc(F)c12. The van der Waals surface area contributed by atoms with E-state index in [1.165, 1.54) is 13.1 Å². The Kier molecular flexibility index (Phi) is 3.71. The highest BCUT2D eigenvalue weighted by Gasteiger charge is 2.39. The molecule has 0 aromatic heterocycles. The summed E-state index contributed by atoms with van der Waals surface area (Å²) in [6, 6.07) is 3.95. The summed E-state index contributed by atoms with van der Waals surface area (Å²) in [6.07, 6.45) is -5.13. The van der Waals surface area contributed by atoms with Crippen molar-refractivity contribution < 1.29 is 26.7 Å². The molecule has 8 heteroatoms. The van der Waals surface area contributed by atoms with Crippen LogP contribution in [0.15, 0.2) is 24.3 Å². The van der Waals surface area contributed by atoms with Crippen LogP contribution in [0.2, 0.25) is 0 Å². The molecule has 0 unspecified atom stereocenters. The fourth-order valence-electron chi connectivity index (χ4n) is 1.92. The lowest BCUT2D eigenvalue weighted by Crippen LogP contribution is -2.30. The van der Waals surface area contributed by atoms with Gasteiger partial charge in [0, 0.05) is 23.5 Å². The summed E-state index contributed by atoms with van der Waals surface area (Å²) in [6.45, 7) is 0. The van der Waals surface area contributed by atoms with Crippen LogP contribution in [0.3, 0.4) is 0 Å². The number of nitrogens with one attached hydrogen (secondary N) is 2. The summed E-state index contributed by atoms with van der Waals surface area (Å²) in [5, 5.41) is 3.48. The molecule has 0 aliphatic heterocycles. The molecule has 0 fully saturated rings. The zero-order valence-corrected chi connectivity index (χ0v) is 10.6. The molecule has 0 aliphatic rings. The van der Waals surface area contributed by atoms with Crippen molar-refractivity contribution >= 4 is 28.1 Å². The topological polar surface area (TPSA) is 41.1 Å². The van der Waals surface area contributed by atoms with Gasteiger partial charge < -0.3 is 10.6 Å². The summed E-state index contributed by atoms with van der Waals surface area (Å²) in [5.41, 5.74) is -0.268. The largest absolute Gasteiger partial charge is 0.471 e. The predicted octanol–water partition coefficient (Wildman–Crippen LogP) is 3.66. The van der Waals surface area contributed by atoms with Crippen molar-refractivity contribution in [1.82, 2.24) is 0 Å².